The van der Waals surface area contributed by atoms with E-state index in [1.54, 1.807) is 12.1 Å². The van der Waals surface area contributed by atoms with Crippen molar-refractivity contribution in [2.75, 3.05) is 0 Å². The number of unbranched alkanes of at least 4 members (excludes halogenated alkanes) is 11. The van der Waals surface area contributed by atoms with E-state index in [-0.39, 0.29) is 6.42 Å². The Hall–Kier alpha value is -1.96. The average Bonchev–Trinajstić information content (AvgIpc) is 2.89. The van der Waals surface area contributed by atoms with Gasteiger partial charge in [-0.1, -0.05) is 133 Å². The molecule has 0 spiro atoms. The van der Waals surface area contributed by atoms with Crippen LogP contribution in [0.2, 0.25) is 0 Å². The normalized spacial score (nSPS) is 12.1. The Balaban J connectivity index is 1.69. The second-order valence-corrected chi connectivity index (χ2v) is 10.1. The molecule has 0 atom stereocenters. The molecule has 0 aliphatic heterocycles. The van der Waals surface area contributed by atoms with Crippen molar-refractivity contribution in [3.05, 3.63) is 76.6 Å². The number of allylic oxidation sites excluding steroid dienone is 1. The third kappa shape index (κ3) is 12.5. The molecule has 0 N–H and O–H groups in total. The summed E-state index contributed by atoms with van der Waals surface area (Å²) in [6, 6.07) is 16.3. The fraction of sp³-hybridized carbons (Fsp3) is 0.576. The van der Waals surface area contributed by atoms with E-state index in [2.05, 4.69) is 38.1 Å². The SMILES string of the molecule is CCCCCCCCCCc1ccc(CCc2ccc(/C(F)=C(/F)CCCCCCC)cc2)cc1. The number of hydrogen-bond acceptors (Lipinski definition) is 0. The van der Waals surface area contributed by atoms with Gasteiger partial charge in [-0.25, -0.2) is 8.78 Å². The molecule has 194 valence electrons. The minimum absolute atomic E-state index is 0.201. The van der Waals surface area contributed by atoms with Gasteiger partial charge in [-0.05, 0) is 48.8 Å². The molecule has 35 heavy (non-hydrogen) atoms. The van der Waals surface area contributed by atoms with Crippen LogP contribution >= 0.6 is 0 Å². The van der Waals surface area contributed by atoms with Gasteiger partial charge in [-0.2, -0.15) is 0 Å². The minimum Gasteiger partial charge on any atom is -0.209 e. The van der Waals surface area contributed by atoms with Gasteiger partial charge in [0.15, 0.2) is 5.83 Å². The third-order valence-electron chi connectivity index (χ3n) is 6.99. The van der Waals surface area contributed by atoms with Crippen LogP contribution in [0.4, 0.5) is 8.78 Å². The smallest absolute Gasteiger partial charge is 0.161 e. The van der Waals surface area contributed by atoms with E-state index in [0.29, 0.717) is 5.56 Å². The molecule has 0 saturated carbocycles. The first kappa shape index (κ1) is 29.3. The molecule has 0 unspecified atom stereocenters. The van der Waals surface area contributed by atoms with Crippen molar-refractivity contribution >= 4 is 5.83 Å². The first-order valence-corrected chi connectivity index (χ1v) is 14.3. The molecule has 0 aliphatic carbocycles. The van der Waals surface area contributed by atoms with Crippen LogP contribution in [0.25, 0.3) is 5.83 Å². The van der Waals surface area contributed by atoms with Gasteiger partial charge in [0.05, 0.1) is 0 Å². The lowest BCUT2D eigenvalue weighted by atomic mass is 10.00. The van der Waals surface area contributed by atoms with Crippen LogP contribution in [0.15, 0.2) is 54.4 Å². The van der Waals surface area contributed by atoms with E-state index in [1.165, 1.54) is 75.3 Å². The fourth-order valence-electron chi connectivity index (χ4n) is 4.59. The highest BCUT2D eigenvalue weighted by atomic mass is 19.2. The lowest BCUT2D eigenvalue weighted by Crippen LogP contribution is -1.93. The van der Waals surface area contributed by atoms with E-state index in [0.717, 1.165) is 44.1 Å². The van der Waals surface area contributed by atoms with Crippen LogP contribution in [-0.4, -0.2) is 0 Å². The molecule has 0 bridgehead atoms. The molecule has 0 saturated heterocycles. The number of halogens is 2. The molecule has 0 nitrogen and oxygen atoms in total. The van der Waals surface area contributed by atoms with Gasteiger partial charge in [-0.3, -0.25) is 0 Å². The average molecular weight is 483 g/mol. The summed E-state index contributed by atoms with van der Waals surface area (Å²) in [5.74, 6) is -1.31. The van der Waals surface area contributed by atoms with E-state index >= 15 is 0 Å². The number of hydrogen-bond donors (Lipinski definition) is 0. The topological polar surface area (TPSA) is 0 Å². The second kappa shape index (κ2) is 18.3. The second-order valence-electron chi connectivity index (χ2n) is 10.1. The highest BCUT2D eigenvalue weighted by molar-refractivity contribution is 5.61. The Labute approximate surface area is 214 Å². The lowest BCUT2D eigenvalue weighted by Gasteiger charge is -2.07. The molecular weight excluding hydrogens is 434 g/mol. The Morgan fingerprint density at radius 1 is 0.486 bits per heavy atom. The largest absolute Gasteiger partial charge is 0.209 e. The quantitative estimate of drug-likeness (QED) is 0.175. The fourth-order valence-corrected chi connectivity index (χ4v) is 4.59. The van der Waals surface area contributed by atoms with Gasteiger partial charge in [0.1, 0.15) is 5.83 Å². The summed E-state index contributed by atoms with van der Waals surface area (Å²) in [4.78, 5) is 0. The lowest BCUT2D eigenvalue weighted by molar-refractivity contribution is 0.531. The van der Waals surface area contributed by atoms with E-state index in [1.807, 2.05) is 12.1 Å². The first-order chi connectivity index (χ1) is 17.1. The zero-order valence-electron chi connectivity index (χ0n) is 22.4. The van der Waals surface area contributed by atoms with Crippen molar-refractivity contribution in [2.45, 2.75) is 123 Å². The van der Waals surface area contributed by atoms with E-state index < -0.39 is 11.7 Å². The molecule has 0 fully saturated rings. The Morgan fingerprint density at radius 3 is 1.40 bits per heavy atom. The van der Waals surface area contributed by atoms with Crippen molar-refractivity contribution in [1.29, 1.82) is 0 Å². The minimum atomic E-state index is -0.695. The van der Waals surface area contributed by atoms with Crippen LogP contribution in [0, 0.1) is 0 Å². The van der Waals surface area contributed by atoms with Crippen LogP contribution in [0.1, 0.15) is 126 Å². The number of benzene rings is 2. The number of aryl methyl sites for hydroxylation is 3. The highest BCUT2D eigenvalue weighted by Gasteiger charge is 2.09. The number of rotatable bonds is 19. The molecule has 2 rings (SSSR count). The van der Waals surface area contributed by atoms with Crippen molar-refractivity contribution in [3.63, 3.8) is 0 Å². The summed E-state index contributed by atoms with van der Waals surface area (Å²) in [6.07, 6.45) is 19.2. The van der Waals surface area contributed by atoms with Gasteiger partial charge < -0.3 is 0 Å². The molecule has 2 aromatic rings. The molecule has 0 aliphatic rings. The molecule has 2 heteroatoms. The van der Waals surface area contributed by atoms with Crippen LogP contribution in [0.5, 0.6) is 0 Å². The predicted octanol–water partition coefficient (Wildman–Crippen LogP) is 11.1. The highest BCUT2D eigenvalue weighted by Crippen LogP contribution is 2.26. The zero-order chi connectivity index (χ0) is 25.1. The summed E-state index contributed by atoms with van der Waals surface area (Å²) in [5.41, 5.74) is 4.27. The summed E-state index contributed by atoms with van der Waals surface area (Å²) in [5, 5.41) is 0. The molecule has 0 radical (unpaired) electrons. The summed E-state index contributed by atoms with van der Waals surface area (Å²) in [7, 11) is 0. The molecule has 0 amide bonds. The van der Waals surface area contributed by atoms with E-state index in [9.17, 15) is 8.78 Å². The molecular formula is C33H48F2. The van der Waals surface area contributed by atoms with Crippen LogP contribution in [-0.2, 0) is 19.3 Å². The zero-order valence-corrected chi connectivity index (χ0v) is 22.4. The first-order valence-electron chi connectivity index (χ1n) is 14.3. The molecule has 2 aromatic carbocycles. The van der Waals surface area contributed by atoms with Gasteiger partial charge in [0.25, 0.3) is 0 Å². The molecule has 0 heterocycles. The van der Waals surface area contributed by atoms with Crippen molar-refractivity contribution in [2.24, 2.45) is 0 Å². The maximum atomic E-state index is 14.4. The van der Waals surface area contributed by atoms with Gasteiger partial charge >= 0.3 is 0 Å². The van der Waals surface area contributed by atoms with Gasteiger partial charge in [0.2, 0.25) is 0 Å². The maximum Gasteiger partial charge on any atom is 0.161 e. The summed E-state index contributed by atoms with van der Waals surface area (Å²) < 4.78 is 28.6. The van der Waals surface area contributed by atoms with Crippen molar-refractivity contribution in [1.82, 2.24) is 0 Å². The Kier molecular flexibility index (Phi) is 15.3. The van der Waals surface area contributed by atoms with Gasteiger partial charge in [-0.15, -0.1) is 0 Å². The molecule has 0 aromatic heterocycles. The van der Waals surface area contributed by atoms with E-state index in [4.69, 9.17) is 0 Å². The summed E-state index contributed by atoms with van der Waals surface area (Å²) in [6.45, 7) is 4.42. The van der Waals surface area contributed by atoms with Gasteiger partial charge in [0, 0.05) is 12.0 Å². The van der Waals surface area contributed by atoms with Crippen molar-refractivity contribution < 1.29 is 8.78 Å². The third-order valence-corrected chi connectivity index (χ3v) is 6.99. The van der Waals surface area contributed by atoms with Crippen molar-refractivity contribution in [3.8, 4) is 0 Å². The predicted molar refractivity (Wildman–Crippen MR) is 149 cm³/mol. The Morgan fingerprint density at radius 2 is 0.886 bits per heavy atom. The standard InChI is InChI=1S/C33H48F2/c1-3-5-7-9-10-11-13-14-16-28-18-20-29(21-19-28)22-23-30-24-26-31(27-25-30)33(35)32(34)17-15-12-8-6-4-2/h18-21,24-27H,3-17,22-23H2,1-2H3/b33-32-. The Bertz CT molecular complexity index is 817. The summed E-state index contributed by atoms with van der Waals surface area (Å²) >= 11 is 0. The monoisotopic (exact) mass is 482 g/mol. The van der Waals surface area contributed by atoms with Crippen LogP contribution in [0.3, 0.4) is 0 Å². The maximum absolute atomic E-state index is 14.4. The van der Waals surface area contributed by atoms with Crippen LogP contribution < -0.4 is 0 Å².